The Kier molecular flexibility index (Phi) is 7.52. The minimum Gasteiger partial charge on any atom is -0.341 e. The Morgan fingerprint density at radius 3 is 2.65 bits per heavy atom. The van der Waals surface area contributed by atoms with E-state index in [0.717, 1.165) is 38.9 Å². The molecule has 0 aliphatic carbocycles. The van der Waals surface area contributed by atoms with E-state index in [1.807, 2.05) is 11.9 Å². The van der Waals surface area contributed by atoms with Crippen molar-refractivity contribution in [2.24, 2.45) is 17.6 Å². The first kappa shape index (κ1) is 17.4. The first-order chi connectivity index (χ1) is 9.45. The Bertz CT molecular complexity index is 293. The van der Waals surface area contributed by atoms with Crippen molar-refractivity contribution in [3.63, 3.8) is 0 Å². The van der Waals surface area contributed by atoms with Gasteiger partial charge in [0.25, 0.3) is 0 Å². The summed E-state index contributed by atoms with van der Waals surface area (Å²) in [7, 11) is 4.11. The number of rotatable bonds is 7. The lowest BCUT2D eigenvalue weighted by atomic mass is 9.88. The van der Waals surface area contributed by atoms with Crippen LogP contribution in [0.15, 0.2) is 0 Å². The molecule has 0 radical (unpaired) electrons. The van der Waals surface area contributed by atoms with E-state index in [0.29, 0.717) is 30.2 Å². The van der Waals surface area contributed by atoms with Crippen LogP contribution in [0.2, 0.25) is 0 Å². The van der Waals surface area contributed by atoms with Crippen LogP contribution in [0.4, 0.5) is 0 Å². The fourth-order valence-corrected chi connectivity index (χ4v) is 3.17. The summed E-state index contributed by atoms with van der Waals surface area (Å²) in [5, 5.41) is 0. The number of amides is 1. The molecule has 0 spiro atoms. The molecule has 0 aromatic rings. The molecule has 0 saturated carbocycles. The highest BCUT2D eigenvalue weighted by Crippen LogP contribution is 2.22. The topological polar surface area (TPSA) is 49.6 Å². The van der Waals surface area contributed by atoms with Crippen LogP contribution in [0.25, 0.3) is 0 Å². The van der Waals surface area contributed by atoms with Gasteiger partial charge in [0.05, 0.1) is 0 Å². The minimum atomic E-state index is 0.299. The van der Waals surface area contributed by atoms with E-state index in [2.05, 4.69) is 25.8 Å². The molecule has 0 bridgehead atoms. The zero-order chi connectivity index (χ0) is 15.1. The number of likely N-dealkylation sites (tertiary alicyclic amines) is 1. The number of nitrogens with zero attached hydrogens (tertiary/aromatic N) is 2. The lowest BCUT2D eigenvalue weighted by Gasteiger charge is -2.36. The van der Waals surface area contributed by atoms with E-state index in [1.54, 1.807) is 0 Å². The van der Waals surface area contributed by atoms with Gasteiger partial charge >= 0.3 is 0 Å². The van der Waals surface area contributed by atoms with Gasteiger partial charge in [-0.3, -0.25) is 4.79 Å². The van der Waals surface area contributed by atoms with Crippen molar-refractivity contribution in [2.75, 3.05) is 33.7 Å². The predicted octanol–water partition coefficient (Wildman–Crippen LogP) is 1.94. The second-order valence-electron chi connectivity index (χ2n) is 6.68. The lowest BCUT2D eigenvalue weighted by molar-refractivity contribution is -0.133. The van der Waals surface area contributed by atoms with Gasteiger partial charge in [-0.05, 0) is 57.7 Å². The Morgan fingerprint density at radius 1 is 1.40 bits per heavy atom. The van der Waals surface area contributed by atoms with Gasteiger partial charge in [0, 0.05) is 26.1 Å². The van der Waals surface area contributed by atoms with Crippen molar-refractivity contribution in [3.8, 4) is 0 Å². The van der Waals surface area contributed by atoms with Crippen molar-refractivity contribution in [1.82, 2.24) is 9.80 Å². The Balaban J connectivity index is 2.40. The number of nitrogens with two attached hydrogens (primary N) is 1. The molecule has 1 saturated heterocycles. The van der Waals surface area contributed by atoms with Gasteiger partial charge in [-0.1, -0.05) is 13.8 Å². The van der Waals surface area contributed by atoms with E-state index in [9.17, 15) is 4.79 Å². The highest BCUT2D eigenvalue weighted by Gasteiger charge is 2.25. The minimum absolute atomic E-state index is 0.299. The molecule has 4 nitrogen and oxygen atoms in total. The molecule has 118 valence electrons. The molecule has 1 aliphatic heterocycles. The third kappa shape index (κ3) is 5.41. The fourth-order valence-electron chi connectivity index (χ4n) is 3.17. The third-order valence-corrected chi connectivity index (χ3v) is 4.75. The summed E-state index contributed by atoms with van der Waals surface area (Å²) in [6, 6.07) is 0.397. The van der Waals surface area contributed by atoms with Crippen LogP contribution in [0.1, 0.15) is 46.0 Å². The SMILES string of the molecule is CC(C)C(CCN)CCC(=O)N(C)C1CCCN(C)C1. The van der Waals surface area contributed by atoms with Gasteiger partial charge in [-0.25, -0.2) is 0 Å². The second kappa shape index (κ2) is 8.63. The highest BCUT2D eigenvalue weighted by molar-refractivity contribution is 5.76. The van der Waals surface area contributed by atoms with E-state index in [-0.39, 0.29) is 0 Å². The van der Waals surface area contributed by atoms with Gasteiger partial charge in [0.2, 0.25) is 5.91 Å². The van der Waals surface area contributed by atoms with Gasteiger partial charge < -0.3 is 15.5 Å². The normalized spacial score (nSPS) is 22.0. The molecule has 4 heteroatoms. The maximum atomic E-state index is 12.4. The Morgan fingerprint density at radius 2 is 2.10 bits per heavy atom. The molecule has 2 N–H and O–H groups in total. The molecule has 2 atom stereocenters. The summed E-state index contributed by atoms with van der Waals surface area (Å²) in [4.78, 5) is 16.7. The Hall–Kier alpha value is -0.610. The Labute approximate surface area is 124 Å². The first-order valence-electron chi connectivity index (χ1n) is 8.10. The van der Waals surface area contributed by atoms with E-state index in [4.69, 9.17) is 5.73 Å². The van der Waals surface area contributed by atoms with E-state index < -0.39 is 0 Å². The van der Waals surface area contributed by atoms with Crippen molar-refractivity contribution < 1.29 is 4.79 Å². The third-order valence-electron chi connectivity index (χ3n) is 4.75. The number of likely N-dealkylation sites (N-methyl/N-ethyl adjacent to an activating group) is 2. The maximum Gasteiger partial charge on any atom is 0.222 e. The van der Waals surface area contributed by atoms with Gasteiger partial charge in [0.1, 0.15) is 0 Å². The predicted molar refractivity (Wildman–Crippen MR) is 84.5 cm³/mol. The molecule has 1 aliphatic rings. The fraction of sp³-hybridized carbons (Fsp3) is 0.938. The van der Waals surface area contributed by atoms with Crippen molar-refractivity contribution >= 4 is 5.91 Å². The molecule has 1 amide bonds. The van der Waals surface area contributed by atoms with E-state index >= 15 is 0 Å². The van der Waals surface area contributed by atoms with Crippen molar-refractivity contribution in [1.29, 1.82) is 0 Å². The molecule has 1 heterocycles. The van der Waals surface area contributed by atoms with Gasteiger partial charge in [0.15, 0.2) is 0 Å². The summed E-state index contributed by atoms with van der Waals surface area (Å²) >= 11 is 0. The van der Waals surface area contributed by atoms with E-state index in [1.165, 1.54) is 6.42 Å². The largest absolute Gasteiger partial charge is 0.341 e. The first-order valence-corrected chi connectivity index (χ1v) is 8.10. The smallest absolute Gasteiger partial charge is 0.222 e. The summed E-state index contributed by atoms with van der Waals surface area (Å²) < 4.78 is 0. The standard InChI is InChI=1S/C16H33N3O/c1-13(2)14(9-10-17)7-8-16(20)19(4)15-6-5-11-18(3)12-15/h13-15H,5-12,17H2,1-4H3. The number of piperidine rings is 1. The van der Waals surface area contributed by atoms with Crippen LogP contribution in [-0.2, 0) is 4.79 Å². The number of carbonyl (C=O) groups is 1. The van der Waals surface area contributed by atoms with Gasteiger partial charge in [-0.15, -0.1) is 0 Å². The van der Waals surface area contributed by atoms with Gasteiger partial charge in [-0.2, -0.15) is 0 Å². The summed E-state index contributed by atoms with van der Waals surface area (Å²) in [6.07, 6.45) is 5.00. The van der Waals surface area contributed by atoms with Crippen LogP contribution in [-0.4, -0.2) is 55.5 Å². The van der Waals surface area contributed by atoms with Crippen LogP contribution in [0.5, 0.6) is 0 Å². The monoisotopic (exact) mass is 283 g/mol. The average molecular weight is 283 g/mol. The second-order valence-corrected chi connectivity index (χ2v) is 6.68. The van der Waals surface area contributed by atoms with Crippen LogP contribution < -0.4 is 5.73 Å². The highest BCUT2D eigenvalue weighted by atomic mass is 16.2. The number of hydrogen-bond donors (Lipinski definition) is 1. The van der Waals surface area contributed by atoms with Crippen LogP contribution >= 0.6 is 0 Å². The van der Waals surface area contributed by atoms with Crippen molar-refractivity contribution in [2.45, 2.75) is 52.0 Å². The maximum absolute atomic E-state index is 12.4. The quantitative estimate of drug-likeness (QED) is 0.777. The summed E-state index contributed by atoms with van der Waals surface area (Å²) in [6.45, 7) is 7.35. The molecule has 0 aromatic heterocycles. The number of hydrogen-bond acceptors (Lipinski definition) is 3. The van der Waals surface area contributed by atoms with Crippen LogP contribution in [0, 0.1) is 11.8 Å². The average Bonchev–Trinajstić information content (AvgIpc) is 2.41. The summed E-state index contributed by atoms with van der Waals surface area (Å²) in [5.41, 5.74) is 5.66. The molecule has 0 aromatic carbocycles. The molecule has 20 heavy (non-hydrogen) atoms. The molecular weight excluding hydrogens is 250 g/mol. The lowest BCUT2D eigenvalue weighted by Crippen LogP contribution is -2.47. The summed E-state index contributed by atoms with van der Waals surface area (Å²) in [5.74, 6) is 1.48. The molecule has 2 unspecified atom stereocenters. The number of carbonyl (C=O) groups excluding carboxylic acids is 1. The molecule has 1 fully saturated rings. The zero-order valence-corrected chi connectivity index (χ0v) is 13.8. The zero-order valence-electron chi connectivity index (χ0n) is 13.8. The molecule has 1 rings (SSSR count). The molecular formula is C16H33N3O. The van der Waals surface area contributed by atoms with Crippen LogP contribution in [0.3, 0.4) is 0 Å². The van der Waals surface area contributed by atoms with Crippen molar-refractivity contribution in [3.05, 3.63) is 0 Å².